The van der Waals surface area contributed by atoms with Gasteiger partial charge in [-0.2, -0.15) is 0 Å². The molecular weight excluding hydrogens is 846 g/mol. The molecular formula is C52H102NO11P. The minimum absolute atomic E-state index is 0.219. The first-order valence-corrected chi connectivity index (χ1v) is 28.6. The molecule has 0 saturated heterocycles. The number of allylic oxidation sites excluding steroid dienone is 1. The van der Waals surface area contributed by atoms with Crippen molar-refractivity contribution in [2.75, 3.05) is 6.61 Å². The lowest BCUT2D eigenvalue weighted by Crippen LogP contribution is -2.64. The Morgan fingerprint density at radius 1 is 0.508 bits per heavy atom. The Labute approximate surface area is 397 Å². The molecule has 13 heteroatoms. The average molecular weight is 948 g/mol. The molecule has 8 N–H and O–H groups in total. The van der Waals surface area contributed by atoms with Crippen LogP contribution in [0.1, 0.15) is 258 Å². The Balaban J connectivity index is 2.32. The van der Waals surface area contributed by atoms with Gasteiger partial charge in [0.05, 0.1) is 18.8 Å². The summed E-state index contributed by atoms with van der Waals surface area (Å²) in [7, 11) is -5.08. The maximum Gasteiger partial charge on any atom is 0.472 e. The van der Waals surface area contributed by atoms with Crippen molar-refractivity contribution >= 4 is 13.7 Å². The summed E-state index contributed by atoms with van der Waals surface area (Å²) in [5, 5.41) is 64.1. The van der Waals surface area contributed by atoms with E-state index in [1.54, 1.807) is 0 Å². The first-order chi connectivity index (χ1) is 31.4. The Morgan fingerprint density at radius 2 is 0.815 bits per heavy atom. The number of amides is 1. The van der Waals surface area contributed by atoms with Crippen molar-refractivity contribution < 1.29 is 53.9 Å². The van der Waals surface area contributed by atoms with E-state index in [2.05, 4.69) is 19.2 Å². The topological polar surface area (TPSA) is 206 Å². The van der Waals surface area contributed by atoms with Crippen LogP contribution < -0.4 is 5.32 Å². The molecule has 0 heterocycles. The molecule has 1 amide bonds. The third kappa shape index (κ3) is 33.3. The van der Waals surface area contributed by atoms with Gasteiger partial charge in [-0.15, -0.1) is 0 Å². The fourth-order valence-electron chi connectivity index (χ4n) is 8.91. The second-order valence-corrected chi connectivity index (χ2v) is 20.8. The van der Waals surface area contributed by atoms with Gasteiger partial charge >= 0.3 is 7.82 Å². The van der Waals surface area contributed by atoms with Crippen molar-refractivity contribution in [3.63, 3.8) is 0 Å². The van der Waals surface area contributed by atoms with Crippen molar-refractivity contribution in [3.8, 4) is 0 Å². The van der Waals surface area contributed by atoms with Crippen LogP contribution in [0.2, 0.25) is 0 Å². The predicted octanol–water partition coefficient (Wildman–Crippen LogP) is 11.6. The molecule has 386 valence electrons. The highest BCUT2D eigenvalue weighted by molar-refractivity contribution is 7.47. The lowest BCUT2D eigenvalue weighted by atomic mass is 9.85. The molecule has 0 bridgehead atoms. The average Bonchev–Trinajstić information content (AvgIpc) is 3.29. The maximum absolute atomic E-state index is 13.0. The van der Waals surface area contributed by atoms with Crippen LogP contribution in [0.15, 0.2) is 12.2 Å². The monoisotopic (exact) mass is 948 g/mol. The van der Waals surface area contributed by atoms with Gasteiger partial charge in [-0.3, -0.25) is 13.8 Å². The molecule has 0 aromatic heterocycles. The van der Waals surface area contributed by atoms with E-state index in [0.717, 1.165) is 44.9 Å². The molecule has 6 unspecified atom stereocenters. The summed E-state index contributed by atoms with van der Waals surface area (Å²) in [5.41, 5.74) is 0. The molecule has 0 aromatic rings. The van der Waals surface area contributed by atoms with E-state index in [0.29, 0.717) is 6.42 Å². The first kappa shape index (κ1) is 62.1. The number of carbonyl (C=O) groups excluding carboxylic acids is 1. The summed E-state index contributed by atoms with van der Waals surface area (Å²) in [4.78, 5) is 23.5. The number of phosphoric acid groups is 1. The van der Waals surface area contributed by atoms with E-state index < -0.39 is 63.2 Å². The predicted molar refractivity (Wildman–Crippen MR) is 265 cm³/mol. The first-order valence-electron chi connectivity index (χ1n) is 27.1. The summed E-state index contributed by atoms with van der Waals surface area (Å²) in [5.74, 6) is -0.336. The molecule has 0 spiro atoms. The highest BCUT2D eigenvalue weighted by Gasteiger charge is 2.51. The summed E-state index contributed by atoms with van der Waals surface area (Å²) in [6.07, 6.45) is 37.2. The van der Waals surface area contributed by atoms with E-state index in [1.807, 2.05) is 6.08 Å². The van der Waals surface area contributed by atoms with Crippen LogP contribution in [-0.4, -0.2) is 96.8 Å². The number of carbonyl (C=O) groups is 1. The zero-order valence-electron chi connectivity index (χ0n) is 41.6. The van der Waals surface area contributed by atoms with Crippen LogP contribution in [0.25, 0.3) is 0 Å². The molecule has 0 radical (unpaired) electrons. The number of hydrogen-bond donors (Lipinski definition) is 8. The highest BCUT2D eigenvalue weighted by Crippen LogP contribution is 2.47. The Kier molecular flexibility index (Phi) is 40.1. The maximum atomic E-state index is 13.0. The second-order valence-electron chi connectivity index (χ2n) is 19.4. The quantitative estimate of drug-likeness (QED) is 0.0164. The van der Waals surface area contributed by atoms with E-state index in [1.165, 1.54) is 192 Å². The molecule has 1 rings (SSSR count). The fraction of sp³-hybridized carbons (Fsp3) is 0.942. The number of hydrogen-bond acceptors (Lipinski definition) is 10. The molecule has 12 nitrogen and oxygen atoms in total. The van der Waals surface area contributed by atoms with Gasteiger partial charge in [0.1, 0.15) is 36.6 Å². The van der Waals surface area contributed by atoms with Crippen molar-refractivity contribution in [2.45, 2.75) is 307 Å². The minimum atomic E-state index is -5.08. The number of nitrogens with one attached hydrogen (secondary N) is 1. The minimum Gasteiger partial charge on any atom is -0.387 e. The number of aliphatic hydroxyl groups excluding tert-OH is 6. The molecule has 1 aliphatic carbocycles. The van der Waals surface area contributed by atoms with Gasteiger partial charge in [0, 0.05) is 6.42 Å². The van der Waals surface area contributed by atoms with Crippen molar-refractivity contribution in [2.24, 2.45) is 0 Å². The van der Waals surface area contributed by atoms with E-state index in [-0.39, 0.29) is 12.3 Å². The van der Waals surface area contributed by atoms with Crippen molar-refractivity contribution in [1.29, 1.82) is 0 Å². The molecule has 1 aliphatic rings. The van der Waals surface area contributed by atoms with Gasteiger partial charge in [0.15, 0.2) is 0 Å². The summed E-state index contributed by atoms with van der Waals surface area (Å²) >= 11 is 0. The molecule has 65 heavy (non-hydrogen) atoms. The zero-order chi connectivity index (χ0) is 47.8. The molecule has 1 saturated carbocycles. The van der Waals surface area contributed by atoms with E-state index in [4.69, 9.17) is 9.05 Å². The van der Waals surface area contributed by atoms with E-state index >= 15 is 0 Å². The third-order valence-corrected chi connectivity index (χ3v) is 14.3. The van der Waals surface area contributed by atoms with Crippen LogP contribution in [0.5, 0.6) is 0 Å². The van der Waals surface area contributed by atoms with Crippen LogP contribution in [0.3, 0.4) is 0 Å². The molecule has 1 fully saturated rings. The van der Waals surface area contributed by atoms with Crippen LogP contribution in [0, 0.1) is 0 Å². The van der Waals surface area contributed by atoms with Gasteiger partial charge in [-0.05, 0) is 19.3 Å². The Hall–Kier alpha value is -0.920. The van der Waals surface area contributed by atoms with Gasteiger partial charge in [-0.1, -0.05) is 244 Å². The third-order valence-electron chi connectivity index (χ3n) is 13.3. The summed E-state index contributed by atoms with van der Waals surface area (Å²) in [6, 6.07) is -1.11. The van der Waals surface area contributed by atoms with Crippen LogP contribution >= 0.6 is 7.82 Å². The highest BCUT2D eigenvalue weighted by atomic mass is 31.2. The van der Waals surface area contributed by atoms with Gasteiger partial charge in [-0.25, -0.2) is 4.57 Å². The largest absolute Gasteiger partial charge is 0.472 e. The number of unbranched alkanes of at least 4 members (excludes halogenated alkanes) is 35. The number of aliphatic hydroxyl groups is 6. The molecule has 9 atom stereocenters. The summed E-state index contributed by atoms with van der Waals surface area (Å²) < 4.78 is 23.0. The molecule has 0 aliphatic heterocycles. The SMILES string of the molecule is CCCCCCCCCCCCC/C=C/[C@@H](O)[C@H](COP(=O)(O)OC1C(O)C(O)C(O)[C@@H](O)C1O)NC(=O)CCCCCCCCCCCCCCCCCCCCCCCCCCC. The normalized spacial score (nSPS) is 22.0. The smallest absolute Gasteiger partial charge is 0.387 e. The number of phosphoric ester groups is 1. The molecule has 0 aromatic carbocycles. The lowest BCUT2D eigenvalue weighted by Gasteiger charge is -2.41. The van der Waals surface area contributed by atoms with Crippen molar-refractivity contribution in [1.82, 2.24) is 5.32 Å². The standard InChI is InChI=1S/C52H102NO11P/c1-3-5-7-9-11-13-15-17-18-19-20-21-22-23-24-25-26-27-28-30-32-34-36-38-40-42-46(55)53-44(45(54)41-39-37-35-33-31-29-16-14-12-10-8-6-4-2)43-63-65(61,62)64-52-50(59)48(57)47(56)49(58)51(52)60/h39,41,44-45,47-52,54,56-60H,3-38,40,42-43H2,1-2H3,(H,53,55)(H,61,62)/b41-39+/t44-,45+,47?,48+,49?,50?,51?,52?/m0/s1. The van der Waals surface area contributed by atoms with Gasteiger partial charge < -0.3 is 40.8 Å². The van der Waals surface area contributed by atoms with Gasteiger partial charge in [0.2, 0.25) is 5.91 Å². The van der Waals surface area contributed by atoms with Crippen LogP contribution in [-0.2, 0) is 18.4 Å². The fourth-order valence-corrected chi connectivity index (χ4v) is 9.87. The van der Waals surface area contributed by atoms with Crippen LogP contribution in [0.4, 0.5) is 0 Å². The Morgan fingerprint density at radius 3 is 1.17 bits per heavy atom. The second kappa shape index (κ2) is 42.0. The lowest BCUT2D eigenvalue weighted by molar-refractivity contribution is -0.220. The summed E-state index contributed by atoms with van der Waals surface area (Å²) in [6.45, 7) is 3.87. The van der Waals surface area contributed by atoms with E-state index in [9.17, 15) is 44.9 Å². The Bertz CT molecular complexity index is 1150. The van der Waals surface area contributed by atoms with Gasteiger partial charge in [0.25, 0.3) is 0 Å². The van der Waals surface area contributed by atoms with Crippen molar-refractivity contribution in [3.05, 3.63) is 12.2 Å². The zero-order valence-corrected chi connectivity index (χ0v) is 42.5. The number of rotatable bonds is 46.